The van der Waals surface area contributed by atoms with E-state index in [1.54, 1.807) is 24.1 Å². The Morgan fingerprint density at radius 1 is 1.69 bits per heavy atom. The quantitative estimate of drug-likeness (QED) is 0.596. The van der Waals surface area contributed by atoms with Crippen molar-refractivity contribution >= 4 is 21.7 Å². The van der Waals surface area contributed by atoms with Crippen LogP contribution in [0.1, 0.15) is 23.8 Å². The third-order valence-corrected chi connectivity index (χ3v) is 2.62. The number of methoxy groups -OCH3 is 1. The third-order valence-electron chi connectivity index (χ3n) is 2.04. The number of rotatable bonds is 6. The summed E-state index contributed by atoms with van der Waals surface area (Å²) in [6, 6.07) is 0. The molecule has 0 N–H and O–H groups in total. The van der Waals surface area contributed by atoms with Crippen LogP contribution in [0.25, 0.3) is 0 Å². The van der Waals surface area contributed by atoms with E-state index in [2.05, 4.69) is 21.0 Å². The number of allylic oxidation sites excluding steroid dienone is 2. The Hall–Kier alpha value is -0.940. The second kappa shape index (κ2) is 6.60. The molecular formula is C11H15BrN2O2. The van der Waals surface area contributed by atoms with E-state index >= 15 is 0 Å². The van der Waals surface area contributed by atoms with Gasteiger partial charge in [0.25, 0.3) is 0 Å². The summed E-state index contributed by atoms with van der Waals surface area (Å²) in [6.07, 6.45) is 5.88. The lowest BCUT2D eigenvalue weighted by atomic mass is 10.2. The Morgan fingerprint density at radius 3 is 3.06 bits per heavy atom. The van der Waals surface area contributed by atoms with Crippen molar-refractivity contribution in [2.75, 3.05) is 13.7 Å². The Labute approximate surface area is 103 Å². The van der Waals surface area contributed by atoms with E-state index in [-0.39, 0.29) is 5.78 Å². The van der Waals surface area contributed by atoms with Crippen LogP contribution in [0.4, 0.5) is 0 Å². The minimum atomic E-state index is -0.0395. The molecule has 0 saturated carbocycles. The van der Waals surface area contributed by atoms with Gasteiger partial charge < -0.3 is 4.74 Å². The number of aromatic nitrogens is 2. The summed E-state index contributed by atoms with van der Waals surface area (Å²) in [5.74, 6) is -0.0395. The number of ketones is 1. The summed E-state index contributed by atoms with van der Waals surface area (Å²) in [5, 5.41) is 4.12. The summed E-state index contributed by atoms with van der Waals surface area (Å²) in [4.78, 5) is 11.9. The topological polar surface area (TPSA) is 44.1 Å². The van der Waals surface area contributed by atoms with Crippen molar-refractivity contribution in [3.63, 3.8) is 0 Å². The zero-order chi connectivity index (χ0) is 12.0. The van der Waals surface area contributed by atoms with Crippen molar-refractivity contribution < 1.29 is 9.53 Å². The number of carbonyl (C=O) groups is 1. The van der Waals surface area contributed by atoms with Crippen LogP contribution < -0.4 is 0 Å². The molecule has 0 aromatic carbocycles. The molecule has 0 unspecified atom stereocenters. The average Bonchev–Trinajstić information content (AvgIpc) is 2.64. The van der Waals surface area contributed by atoms with E-state index in [9.17, 15) is 4.79 Å². The predicted molar refractivity (Wildman–Crippen MR) is 65.6 cm³/mol. The first-order valence-electron chi connectivity index (χ1n) is 5.11. The van der Waals surface area contributed by atoms with E-state index in [1.807, 2.05) is 13.0 Å². The maximum atomic E-state index is 11.9. The van der Waals surface area contributed by atoms with Gasteiger partial charge in [-0.3, -0.25) is 9.48 Å². The number of carbonyl (C=O) groups excluding carboxylic acids is 1. The fraction of sp³-hybridized carbons (Fsp3) is 0.455. The van der Waals surface area contributed by atoms with Crippen molar-refractivity contribution in [3.05, 3.63) is 28.5 Å². The number of ether oxygens (including phenoxy) is 1. The molecule has 1 aromatic heterocycles. The van der Waals surface area contributed by atoms with E-state index in [4.69, 9.17) is 4.74 Å². The van der Waals surface area contributed by atoms with Crippen LogP contribution in [0.2, 0.25) is 0 Å². The highest BCUT2D eigenvalue weighted by Crippen LogP contribution is 2.17. The van der Waals surface area contributed by atoms with Gasteiger partial charge in [-0.2, -0.15) is 5.10 Å². The Bertz CT molecular complexity index is 385. The molecule has 1 rings (SSSR count). The highest BCUT2D eigenvalue weighted by atomic mass is 79.9. The highest BCUT2D eigenvalue weighted by Gasteiger charge is 2.14. The summed E-state index contributed by atoms with van der Waals surface area (Å²) < 4.78 is 7.33. The molecule has 4 nitrogen and oxygen atoms in total. The zero-order valence-electron chi connectivity index (χ0n) is 9.44. The SMILES string of the molecule is CC/C=C/C(=O)c1c(Br)cnn1CCOC. The van der Waals surface area contributed by atoms with Crippen LogP contribution in [0, 0.1) is 0 Å². The van der Waals surface area contributed by atoms with Gasteiger partial charge in [0, 0.05) is 7.11 Å². The summed E-state index contributed by atoms with van der Waals surface area (Å²) in [7, 11) is 1.62. The Balaban J connectivity index is 2.88. The third kappa shape index (κ3) is 3.28. The van der Waals surface area contributed by atoms with Gasteiger partial charge in [-0.05, 0) is 28.4 Å². The van der Waals surface area contributed by atoms with Crippen LogP contribution >= 0.6 is 15.9 Å². The molecular weight excluding hydrogens is 272 g/mol. The number of nitrogens with zero attached hydrogens (tertiary/aromatic N) is 2. The van der Waals surface area contributed by atoms with Gasteiger partial charge >= 0.3 is 0 Å². The van der Waals surface area contributed by atoms with Crippen LogP contribution in [0.15, 0.2) is 22.8 Å². The lowest BCUT2D eigenvalue weighted by molar-refractivity contribution is 0.103. The second-order valence-electron chi connectivity index (χ2n) is 3.23. The van der Waals surface area contributed by atoms with Gasteiger partial charge in [0.15, 0.2) is 0 Å². The Morgan fingerprint density at radius 2 is 2.44 bits per heavy atom. The highest BCUT2D eigenvalue weighted by molar-refractivity contribution is 9.10. The lowest BCUT2D eigenvalue weighted by Crippen LogP contribution is -2.12. The molecule has 0 saturated heterocycles. The van der Waals surface area contributed by atoms with Gasteiger partial charge in [-0.25, -0.2) is 0 Å². The van der Waals surface area contributed by atoms with E-state index < -0.39 is 0 Å². The molecule has 88 valence electrons. The van der Waals surface area contributed by atoms with Crippen LogP contribution in [0.5, 0.6) is 0 Å². The fourth-order valence-electron chi connectivity index (χ4n) is 1.26. The molecule has 0 bridgehead atoms. The summed E-state index contributed by atoms with van der Waals surface area (Å²) in [5.41, 5.74) is 0.571. The van der Waals surface area contributed by atoms with Gasteiger partial charge in [0.05, 0.1) is 23.8 Å². The van der Waals surface area contributed by atoms with Crippen LogP contribution in [-0.4, -0.2) is 29.3 Å². The van der Waals surface area contributed by atoms with Gasteiger partial charge in [0.2, 0.25) is 5.78 Å². The summed E-state index contributed by atoms with van der Waals surface area (Å²) >= 11 is 3.32. The lowest BCUT2D eigenvalue weighted by Gasteiger charge is -2.04. The molecule has 0 atom stereocenters. The maximum Gasteiger partial charge on any atom is 0.204 e. The molecule has 5 heteroatoms. The molecule has 1 aromatic rings. The molecule has 0 aliphatic rings. The molecule has 16 heavy (non-hydrogen) atoms. The van der Waals surface area contributed by atoms with Gasteiger partial charge in [-0.15, -0.1) is 0 Å². The van der Waals surface area contributed by atoms with Crippen LogP contribution in [-0.2, 0) is 11.3 Å². The van der Waals surface area contributed by atoms with Crippen LogP contribution in [0.3, 0.4) is 0 Å². The van der Waals surface area contributed by atoms with Gasteiger partial charge in [-0.1, -0.05) is 13.0 Å². The maximum absolute atomic E-state index is 11.9. The first kappa shape index (κ1) is 13.1. The minimum absolute atomic E-state index is 0.0395. The first-order chi connectivity index (χ1) is 7.70. The zero-order valence-corrected chi connectivity index (χ0v) is 11.0. The van der Waals surface area contributed by atoms with E-state index in [1.165, 1.54) is 0 Å². The molecule has 0 spiro atoms. The summed E-state index contributed by atoms with van der Waals surface area (Å²) in [6.45, 7) is 3.09. The minimum Gasteiger partial charge on any atom is -0.383 e. The smallest absolute Gasteiger partial charge is 0.204 e. The number of hydrogen-bond donors (Lipinski definition) is 0. The van der Waals surface area contributed by atoms with Gasteiger partial charge in [0.1, 0.15) is 5.69 Å². The fourth-order valence-corrected chi connectivity index (χ4v) is 1.75. The van der Waals surface area contributed by atoms with E-state index in [0.717, 1.165) is 6.42 Å². The molecule has 0 amide bonds. The molecule has 0 fully saturated rings. The van der Waals surface area contributed by atoms with Crippen molar-refractivity contribution in [1.82, 2.24) is 9.78 Å². The average molecular weight is 287 g/mol. The van der Waals surface area contributed by atoms with Crippen molar-refractivity contribution in [2.24, 2.45) is 0 Å². The number of halogens is 1. The molecule has 1 heterocycles. The van der Waals surface area contributed by atoms with Crippen molar-refractivity contribution in [1.29, 1.82) is 0 Å². The molecule has 0 aliphatic carbocycles. The predicted octanol–water partition coefficient (Wildman–Crippen LogP) is 2.44. The van der Waals surface area contributed by atoms with Crippen molar-refractivity contribution in [3.8, 4) is 0 Å². The Kier molecular flexibility index (Phi) is 5.42. The van der Waals surface area contributed by atoms with Crippen molar-refractivity contribution in [2.45, 2.75) is 19.9 Å². The monoisotopic (exact) mass is 286 g/mol. The normalized spacial score (nSPS) is 11.2. The number of hydrogen-bond acceptors (Lipinski definition) is 3. The second-order valence-corrected chi connectivity index (χ2v) is 4.09. The first-order valence-corrected chi connectivity index (χ1v) is 5.91. The molecule has 0 radical (unpaired) electrons. The standard InChI is InChI=1S/C11H15BrN2O2/c1-3-4-5-10(15)11-9(12)8-13-14(11)6-7-16-2/h4-5,8H,3,6-7H2,1-2H3/b5-4+. The van der Waals surface area contributed by atoms with E-state index in [0.29, 0.717) is 23.3 Å². The molecule has 0 aliphatic heterocycles. The largest absolute Gasteiger partial charge is 0.383 e.